The van der Waals surface area contributed by atoms with Gasteiger partial charge in [-0.2, -0.15) is 0 Å². The van der Waals surface area contributed by atoms with Crippen molar-refractivity contribution >= 4 is 53.6 Å². The molecule has 2 atom stereocenters. The predicted molar refractivity (Wildman–Crippen MR) is 80.9 cm³/mol. The van der Waals surface area contributed by atoms with Gasteiger partial charge in [-0.1, -0.05) is 15.9 Å². The number of alkyl halides is 1. The SMILES string of the molecule is Brc1cnc(N2C3CCC2CC(Br)C3)c(Br)c1. The third-order valence-electron chi connectivity index (χ3n) is 3.71. The van der Waals surface area contributed by atoms with Gasteiger partial charge in [-0.3, -0.25) is 0 Å². The van der Waals surface area contributed by atoms with Crippen LogP contribution in [0.3, 0.4) is 0 Å². The zero-order valence-corrected chi connectivity index (χ0v) is 14.0. The van der Waals surface area contributed by atoms with Crippen LogP contribution < -0.4 is 4.90 Å². The van der Waals surface area contributed by atoms with Crippen molar-refractivity contribution in [2.24, 2.45) is 0 Å². The molecule has 2 nitrogen and oxygen atoms in total. The standard InChI is InChI=1S/C12H13Br3N2/c13-7-3-9-1-2-10(4-7)17(9)12-11(15)5-8(14)6-16-12/h5-7,9-10H,1-4H2. The van der Waals surface area contributed by atoms with E-state index >= 15 is 0 Å². The highest BCUT2D eigenvalue weighted by Crippen LogP contribution is 2.43. The summed E-state index contributed by atoms with van der Waals surface area (Å²) >= 11 is 10.9. The Kier molecular flexibility index (Phi) is 3.52. The Morgan fingerprint density at radius 3 is 2.41 bits per heavy atom. The molecule has 2 aliphatic heterocycles. The van der Waals surface area contributed by atoms with E-state index in [1.165, 1.54) is 25.7 Å². The summed E-state index contributed by atoms with van der Waals surface area (Å²) in [6.07, 6.45) is 6.97. The van der Waals surface area contributed by atoms with E-state index in [-0.39, 0.29) is 0 Å². The first kappa shape index (κ1) is 12.4. The zero-order chi connectivity index (χ0) is 12.0. The first-order chi connectivity index (χ1) is 8.15. The number of pyridine rings is 1. The summed E-state index contributed by atoms with van der Waals surface area (Å²) in [6.45, 7) is 0. The average molecular weight is 425 g/mol. The molecule has 2 unspecified atom stereocenters. The minimum Gasteiger partial charge on any atom is -0.350 e. The molecule has 0 N–H and O–H groups in total. The Bertz CT molecular complexity index is 424. The molecular formula is C12H13Br3N2. The second-order valence-corrected chi connectivity index (χ2v) is 7.88. The number of halogens is 3. The Balaban J connectivity index is 1.94. The number of anilines is 1. The van der Waals surface area contributed by atoms with Gasteiger partial charge in [0, 0.05) is 27.6 Å². The van der Waals surface area contributed by atoms with E-state index in [9.17, 15) is 0 Å². The molecule has 2 fully saturated rings. The maximum Gasteiger partial charge on any atom is 0.143 e. The van der Waals surface area contributed by atoms with E-state index in [4.69, 9.17) is 0 Å². The molecule has 0 aliphatic carbocycles. The normalized spacial score (nSPS) is 31.9. The Morgan fingerprint density at radius 2 is 1.82 bits per heavy atom. The van der Waals surface area contributed by atoms with Crippen molar-refractivity contribution in [2.45, 2.75) is 42.6 Å². The van der Waals surface area contributed by atoms with Crippen LogP contribution in [0.25, 0.3) is 0 Å². The first-order valence-electron chi connectivity index (χ1n) is 5.88. The van der Waals surface area contributed by atoms with Crippen molar-refractivity contribution in [3.63, 3.8) is 0 Å². The van der Waals surface area contributed by atoms with Gasteiger partial charge in [-0.05, 0) is 63.6 Å². The number of rotatable bonds is 1. The van der Waals surface area contributed by atoms with E-state index in [0.29, 0.717) is 16.9 Å². The highest BCUT2D eigenvalue weighted by atomic mass is 79.9. The number of nitrogens with zero attached hydrogens (tertiary/aromatic N) is 2. The molecule has 0 amide bonds. The van der Waals surface area contributed by atoms with Crippen molar-refractivity contribution in [1.29, 1.82) is 0 Å². The number of hydrogen-bond acceptors (Lipinski definition) is 2. The molecule has 2 aliphatic rings. The molecule has 3 heterocycles. The van der Waals surface area contributed by atoms with Gasteiger partial charge < -0.3 is 4.90 Å². The first-order valence-corrected chi connectivity index (χ1v) is 8.39. The van der Waals surface area contributed by atoms with Crippen LogP contribution in [0.1, 0.15) is 25.7 Å². The molecule has 92 valence electrons. The second kappa shape index (κ2) is 4.82. The van der Waals surface area contributed by atoms with Crippen LogP contribution in [0.2, 0.25) is 0 Å². The van der Waals surface area contributed by atoms with Gasteiger partial charge in [-0.25, -0.2) is 4.98 Å². The van der Waals surface area contributed by atoms with Crippen molar-refractivity contribution < 1.29 is 0 Å². The summed E-state index contributed by atoms with van der Waals surface area (Å²) in [6, 6.07) is 3.40. The summed E-state index contributed by atoms with van der Waals surface area (Å²) in [5.41, 5.74) is 0. The maximum absolute atomic E-state index is 4.58. The van der Waals surface area contributed by atoms with Crippen LogP contribution in [0.5, 0.6) is 0 Å². The average Bonchev–Trinajstić information content (AvgIpc) is 2.53. The minimum atomic E-state index is 0.656. The molecule has 0 aromatic carbocycles. The van der Waals surface area contributed by atoms with Gasteiger partial charge in [0.25, 0.3) is 0 Å². The summed E-state index contributed by atoms with van der Waals surface area (Å²) < 4.78 is 2.12. The molecule has 17 heavy (non-hydrogen) atoms. The molecule has 1 aromatic heterocycles. The van der Waals surface area contributed by atoms with E-state index in [2.05, 4.69) is 63.7 Å². The fraction of sp³-hybridized carbons (Fsp3) is 0.583. The molecule has 2 saturated heterocycles. The van der Waals surface area contributed by atoms with Crippen LogP contribution in [-0.2, 0) is 0 Å². The number of hydrogen-bond donors (Lipinski definition) is 0. The van der Waals surface area contributed by atoms with Crippen LogP contribution in [0, 0.1) is 0 Å². The van der Waals surface area contributed by atoms with Gasteiger partial charge in [0.05, 0.1) is 4.47 Å². The van der Waals surface area contributed by atoms with Crippen molar-refractivity contribution in [2.75, 3.05) is 4.90 Å². The molecule has 0 spiro atoms. The van der Waals surface area contributed by atoms with Gasteiger partial charge >= 0.3 is 0 Å². The zero-order valence-electron chi connectivity index (χ0n) is 9.24. The molecule has 0 saturated carbocycles. The van der Waals surface area contributed by atoms with Crippen LogP contribution in [0.15, 0.2) is 21.2 Å². The van der Waals surface area contributed by atoms with Crippen LogP contribution in [-0.4, -0.2) is 21.9 Å². The second-order valence-electron chi connectivity index (χ2n) is 4.82. The minimum absolute atomic E-state index is 0.656. The van der Waals surface area contributed by atoms with Crippen molar-refractivity contribution in [1.82, 2.24) is 4.98 Å². The molecule has 0 radical (unpaired) electrons. The van der Waals surface area contributed by atoms with E-state index < -0.39 is 0 Å². The van der Waals surface area contributed by atoms with Gasteiger partial charge in [0.15, 0.2) is 0 Å². The molecule has 5 heteroatoms. The summed E-state index contributed by atoms with van der Waals surface area (Å²) in [4.78, 5) is 7.79. The van der Waals surface area contributed by atoms with Gasteiger partial charge in [-0.15, -0.1) is 0 Å². The topological polar surface area (TPSA) is 16.1 Å². The maximum atomic E-state index is 4.58. The third kappa shape index (κ3) is 2.30. The van der Waals surface area contributed by atoms with E-state index in [0.717, 1.165) is 14.8 Å². The quantitative estimate of drug-likeness (QED) is 0.617. The molecule has 3 rings (SSSR count). The molecule has 2 bridgehead atoms. The lowest BCUT2D eigenvalue weighted by Gasteiger charge is -2.38. The summed E-state index contributed by atoms with van der Waals surface area (Å²) in [5, 5.41) is 0. The summed E-state index contributed by atoms with van der Waals surface area (Å²) in [7, 11) is 0. The van der Waals surface area contributed by atoms with Gasteiger partial charge in [0.2, 0.25) is 0 Å². The number of aromatic nitrogens is 1. The Labute approximate surface area is 127 Å². The van der Waals surface area contributed by atoms with Crippen LogP contribution >= 0.6 is 47.8 Å². The van der Waals surface area contributed by atoms with Crippen LogP contribution in [0.4, 0.5) is 5.82 Å². The lowest BCUT2D eigenvalue weighted by atomic mass is 10.0. The van der Waals surface area contributed by atoms with E-state index in [1.807, 2.05) is 6.20 Å². The third-order valence-corrected chi connectivity index (χ3v) is 5.47. The smallest absolute Gasteiger partial charge is 0.143 e. The highest BCUT2D eigenvalue weighted by molar-refractivity contribution is 9.11. The Hall–Kier alpha value is 0.390. The molecular weight excluding hydrogens is 412 g/mol. The van der Waals surface area contributed by atoms with E-state index in [1.54, 1.807) is 0 Å². The monoisotopic (exact) mass is 422 g/mol. The molecule has 1 aromatic rings. The Morgan fingerprint density at radius 1 is 1.18 bits per heavy atom. The number of piperidine rings is 1. The lowest BCUT2D eigenvalue weighted by molar-refractivity contribution is 0.478. The summed E-state index contributed by atoms with van der Waals surface area (Å²) in [5.74, 6) is 1.11. The van der Waals surface area contributed by atoms with Crippen molar-refractivity contribution in [3.8, 4) is 0 Å². The van der Waals surface area contributed by atoms with Crippen molar-refractivity contribution in [3.05, 3.63) is 21.2 Å². The fourth-order valence-electron chi connectivity index (χ4n) is 3.05. The fourth-order valence-corrected chi connectivity index (χ4v) is 5.11. The lowest BCUT2D eigenvalue weighted by Crippen LogP contribution is -2.44. The number of fused-ring (bicyclic) bond motifs is 2. The predicted octanol–water partition coefficient (Wildman–Crippen LogP) is 4.50. The van der Waals surface area contributed by atoms with Gasteiger partial charge in [0.1, 0.15) is 5.82 Å². The largest absolute Gasteiger partial charge is 0.350 e. The highest BCUT2D eigenvalue weighted by Gasteiger charge is 2.41.